The molecule has 0 bridgehead atoms. The minimum Gasteiger partial charge on any atom is -0.296 e. The van der Waals surface area contributed by atoms with Gasteiger partial charge in [-0.15, -0.1) is 10.2 Å². The second kappa shape index (κ2) is 11.3. The average molecular weight is 557 g/mol. The Labute approximate surface area is 215 Å². The lowest BCUT2D eigenvalue weighted by Gasteiger charge is -2.13. The molecule has 3 aromatic rings. The molecule has 1 aliphatic heterocycles. The third-order valence-electron chi connectivity index (χ3n) is 5.44. The molecule has 0 aliphatic carbocycles. The number of amides is 3. The highest BCUT2D eigenvalue weighted by Gasteiger charge is 2.34. The maximum atomic E-state index is 13.8. The fraction of sp³-hybridized carbons (Fsp3) is 0.261. The summed E-state index contributed by atoms with van der Waals surface area (Å²) in [6.45, 7) is 0.335. The Morgan fingerprint density at radius 3 is 2.03 bits per heavy atom. The van der Waals surface area contributed by atoms with Crippen LogP contribution in [0.3, 0.4) is 0 Å². The predicted octanol–water partition coefficient (Wildman–Crippen LogP) is 5.43. The van der Waals surface area contributed by atoms with Crippen LogP contribution in [0.15, 0.2) is 28.6 Å². The minimum atomic E-state index is -2.36. The summed E-state index contributed by atoms with van der Waals surface area (Å²) in [7, 11) is 0. The molecule has 0 spiro atoms. The van der Waals surface area contributed by atoms with Crippen LogP contribution in [0, 0.1) is 29.1 Å². The van der Waals surface area contributed by atoms with E-state index in [0.717, 1.165) is 30.6 Å². The van der Waals surface area contributed by atoms with E-state index in [0.29, 0.717) is 34.2 Å². The maximum absolute atomic E-state index is 13.8. The molecule has 4 rings (SSSR count). The molecule has 0 saturated carbocycles. The summed E-state index contributed by atoms with van der Waals surface area (Å²) in [5.41, 5.74) is -0.769. The van der Waals surface area contributed by atoms with Crippen LogP contribution in [0.2, 0.25) is 0 Å². The molecule has 7 nitrogen and oxygen atoms in total. The Morgan fingerprint density at radius 1 is 0.838 bits per heavy atom. The van der Waals surface area contributed by atoms with Crippen LogP contribution in [-0.4, -0.2) is 45.1 Å². The fourth-order valence-electron chi connectivity index (χ4n) is 3.61. The summed E-state index contributed by atoms with van der Waals surface area (Å²) in [6, 6.07) is 6.70. The number of fused-ring (bicyclic) bond motifs is 1. The topological polar surface area (TPSA) is 92.3 Å². The maximum Gasteiger partial charge on any atom is 0.263 e. The lowest BCUT2D eigenvalue weighted by molar-refractivity contribution is 0.0651. The Hall–Kier alpha value is -3.39. The third kappa shape index (κ3) is 5.49. The Bertz CT molecular complexity index is 1320. The zero-order valence-electron chi connectivity index (χ0n) is 18.8. The lowest BCUT2D eigenvalue weighted by atomic mass is 10.1. The number of hydrogen-bond donors (Lipinski definition) is 1. The number of nitrogens with zero attached hydrogens (tertiary/aromatic N) is 3. The van der Waals surface area contributed by atoms with Gasteiger partial charge in [-0.25, -0.2) is 22.0 Å². The van der Waals surface area contributed by atoms with E-state index >= 15 is 0 Å². The molecule has 2 heterocycles. The zero-order chi connectivity index (χ0) is 26.7. The first-order valence-electron chi connectivity index (χ1n) is 10.9. The van der Waals surface area contributed by atoms with E-state index in [-0.39, 0.29) is 16.9 Å². The number of anilines is 1. The SMILES string of the molecule is O=C(Nc1nnc(SCCCCCCN2C(=O)c3ccccc3C2=O)s1)c1c(F)c(F)c(F)c(F)c1F. The molecule has 1 aromatic heterocycles. The number of unbranched alkanes of at least 4 members (excludes halogenated alkanes) is 3. The van der Waals surface area contributed by atoms with Gasteiger partial charge in [-0.1, -0.05) is 48.1 Å². The van der Waals surface area contributed by atoms with Gasteiger partial charge in [0.25, 0.3) is 17.7 Å². The fourth-order valence-corrected chi connectivity index (χ4v) is 5.43. The predicted molar refractivity (Wildman–Crippen MR) is 125 cm³/mol. The molecule has 0 radical (unpaired) electrons. The smallest absolute Gasteiger partial charge is 0.263 e. The van der Waals surface area contributed by atoms with Crippen molar-refractivity contribution < 1.29 is 36.3 Å². The second-order valence-corrected chi connectivity index (χ2v) is 10.2. The van der Waals surface area contributed by atoms with E-state index in [4.69, 9.17) is 0 Å². The molecular formula is C23H17F5N4O3S2. The normalized spacial score (nSPS) is 12.8. The Kier molecular flexibility index (Phi) is 8.17. The molecule has 194 valence electrons. The van der Waals surface area contributed by atoms with Gasteiger partial charge in [0.2, 0.25) is 10.9 Å². The number of nitrogens with one attached hydrogen (secondary N) is 1. The second-order valence-electron chi connectivity index (χ2n) is 7.84. The van der Waals surface area contributed by atoms with E-state index in [1.54, 1.807) is 24.3 Å². The van der Waals surface area contributed by atoms with Crippen LogP contribution in [0.4, 0.5) is 27.1 Å². The van der Waals surface area contributed by atoms with E-state index in [9.17, 15) is 36.3 Å². The summed E-state index contributed by atoms with van der Waals surface area (Å²) in [4.78, 5) is 38.0. The van der Waals surface area contributed by atoms with Crippen molar-refractivity contribution in [2.45, 2.75) is 30.0 Å². The first-order chi connectivity index (χ1) is 17.7. The minimum absolute atomic E-state index is 0.169. The van der Waals surface area contributed by atoms with Crippen molar-refractivity contribution in [3.63, 3.8) is 0 Å². The van der Waals surface area contributed by atoms with Gasteiger partial charge >= 0.3 is 0 Å². The third-order valence-corrected chi connectivity index (χ3v) is 7.50. The number of hydrogen-bond acceptors (Lipinski definition) is 7. The van der Waals surface area contributed by atoms with E-state index in [2.05, 4.69) is 10.2 Å². The highest BCUT2D eigenvalue weighted by atomic mass is 32.2. The van der Waals surface area contributed by atoms with Gasteiger partial charge in [0.15, 0.2) is 27.6 Å². The van der Waals surface area contributed by atoms with Crippen molar-refractivity contribution in [1.82, 2.24) is 15.1 Å². The van der Waals surface area contributed by atoms with Gasteiger partial charge in [0, 0.05) is 12.3 Å². The van der Waals surface area contributed by atoms with E-state index < -0.39 is 40.6 Å². The van der Waals surface area contributed by atoms with Gasteiger partial charge < -0.3 is 0 Å². The van der Waals surface area contributed by atoms with Gasteiger partial charge in [0.1, 0.15) is 5.56 Å². The van der Waals surface area contributed by atoms with Crippen LogP contribution < -0.4 is 5.32 Å². The summed E-state index contributed by atoms with van der Waals surface area (Å²) in [5.74, 6) is -12.8. The number of thioether (sulfide) groups is 1. The summed E-state index contributed by atoms with van der Waals surface area (Å²) < 4.78 is 67.8. The molecule has 0 atom stereocenters. The van der Waals surface area contributed by atoms with Gasteiger partial charge in [-0.3, -0.25) is 24.6 Å². The van der Waals surface area contributed by atoms with Crippen molar-refractivity contribution in [2.75, 3.05) is 17.6 Å². The molecule has 0 fully saturated rings. The van der Waals surface area contributed by atoms with E-state index in [1.807, 2.05) is 5.32 Å². The molecule has 3 amide bonds. The molecule has 1 aliphatic rings. The first kappa shape index (κ1) is 26.7. The largest absolute Gasteiger partial charge is 0.296 e. The number of carbonyl (C=O) groups excluding carboxylic acids is 3. The number of benzene rings is 2. The highest BCUT2D eigenvalue weighted by molar-refractivity contribution is 8.01. The van der Waals surface area contributed by atoms with Crippen LogP contribution in [-0.2, 0) is 0 Å². The monoisotopic (exact) mass is 556 g/mol. The van der Waals surface area contributed by atoms with Crippen molar-refractivity contribution >= 4 is 46.0 Å². The zero-order valence-corrected chi connectivity index (χ0v) is 20.5. The van der Waals surface area contributed by atoms with Gasteiger partial charge in [-0.05, 0) is 25.0 Å². The van der Waals surface area contributed by atoms with Gasteiger partial charge in [0.05, 0.1) is 11.1 Å². The van der Waals surface area contributed by atoms with Crippen molar-refractivity contribution in [3.8, 4) is 0 Å². The van der Waals surface area contributed by atoms with Crippen LogP contribution in [0.25, 0.3) is 0 Å². The summed E-state index contributed by atoms with van der Waals surface area (Å²) in [6.07, 6.45) is 3.04. The Morgan fingerprint density at radius 2 is 1.41 bits per heavy atom. The van der Waals surface area contributed by atoms with Crippen LogP contribution in [0.5, 0.6) is 0 Å². The standard InChI is InChI=1S/C23H17F5N4O3S2/c24-14-13(15(25)17(27)18(28)16(14)26)19(33)29-22-30-31-23(37-22)36-10-6-2-1-5-9-32-20(34)11-7-3-4-8-12(11)21(32)35/h3-4,7-8H,1-2,5-6,9-10H2,(H,29,30,33). The average Bonchev–Trinajstić information content (AvgIpc) is 3.43. The van der Waals surface area contributed by atoms with Crippen molar-refractivity contribution in [2.24, 2.45) is 0 Å². The molecule has 0 unspecified atom stereocenters. The number of imide groups is 1. The quantitative estimate of drug-likeness (QED) is 0.0681. The number of carbonyl (C=O) groups is 3. The van der Waals surface area contributed by atoms with Crippen LogP contribution in [0.1, 0.15) is 56.8 Å². The molecule has 2 aromatic carbocycles. The first-order valence-corrected chi connectivity index (χ1v) is 12.7. The highest BCUT2D eigenvalue weighted by Crippen LogP contribution is 2.29. The number of rotatable bonds is 10. The molecule has 1 N–H and O–H groups in total. The summed E-state index contributed by atoms with van der Waals surface area (Å²) in [5, 5.41) is 9.29. The van der Waals surface area contributed by atoms with Crippen LogP contribution >= 0.6 is 23.1 Å². The lowest BCUT2D eigenvalue weighted by Crippen LogP contribution is -2.30. The van der Waals surface area contributed by atoms with E-state index in [1.165, 1.54) is 16.7 Å². The molecular weight excluding hydrogens is 539 g/mol. The number of halogens is 5. The molecule has 0 saturated heterocycles. The Balaban J connectivity index is 1.19. The van der Waals surface area contributed by atoms with Crippen molar-refractivity contribution in [3.05, 3.63) is 70.0 Å². The van der Waals surface area contributed by atoms with Gasteiger partial charge in [-0.2, -0.15) is 0 Å². The number of aromatic nitrogens is 2. The molecule has 14 heteroatoms. The molecule has 37 heavy (non-hydrogen) atoms. The van der Waals surface area contributed by atoms with Crippen molar-refractivity contribution in [1.29, 1.82) is 0 Å². The summed E-state index contributed by atoms with van der Waals surface area (Å²) >= 11 is 2.19.